The van der Waals surface area contributed by atoms with Gasteiger partial charge in [0, 0.05) is 42.4 Å². The molecule has 0 bridgehead atoms. The summed E-state index contributed by atoms with van der Waals surface area (Å²) in [4.78, 5) is 2.18. The van der Waals surface area contributed by atoms with Gasteiger partial charge in [0.05, 0.1) is 19.9 Å². The van der Waals surface area contributed by atoms with Crippen molar-refractivity contribution in [2.24, 2.45) is 0 Å². The molecule has 4 rings (SSSR count). The Hall–Kier alpha value is -3.21. The Balaban J connectivity index is 1.78. The van der Waals surface area contributed by atoms with Crippen molar-refractivity contribution in [3.05, 3.63) is 65.4 Å². The van der Waals surface area contributed by atoms with Gasteiger partial charge in [-0.25, -0.2) is 0 Å². The predicted molar refractivity (Wildman–Crippen MR) is 101 cm³/mol. The molecule has 0 saturated heterocycles. The Morgan fingerprint density at radius 1 is 1.04 bits per heavy atom. The van der Waals surface area contributed by atoms with Crippen LogP contribution in [0, 0.1) is 0 Å². The lowest BCUT2D eigenvalue weighted by Gasteiger charge is -2.27. The molecule has 0 radical (unpaired) electrons. The first kappa shape index (κ1) is 16.3. The summed E-state index contributed by atoms with van der Waals surface area (Å²) in [5.41, 5.74) is 5.05. The van der Waals surface area contributed by atoms with Crippen LogP contribution in [0.4, 0.5) is 0 Å². The zero-order valence-electron chi connectivity index (χ0n) is 15.0. The second-order valence-electron chi connectivity index (χ2n) is 6.19. The van der Waals surface area contributed by atoms with Gasteiger partial charge in [0.1, 0.15) is 17.2 Å². The van der Waals surface area contributed by atoms with E-state index in [1.807, 2.05) is 54.6 Å². The number of rotatable bonds is 4. The molecule has 1 aliphatic heterocycles. The third kappa shape index (κ3) is 2.71. The lowest BCUT2D eigenvalue weighted by atomic mass is 9.99. The van der Waals surface area contributed by atoms with Crippen LogP contribution in [0.25, 0.3) is 23.0 Å². The maximum absolute atomic E-state index is 5.64. The monoisotopic (exact) mass is 348 g/mol. The van der Waals surface area contributed by atoms with E-state index in [2.05, 4.69) is 17.1 Å². The van der Waals surface area contributed by atoms with Gasteiger partial charge in [-0.1, -0.05) is 35.5 Å². The van der Waals surface area contributed by atoms with Crippen LogP contribution in [0.3, 0.4) is 0 Å². The smallest absolute Gasteiger partial charge is 0.167 e. The van der Waals surface area contributed by atoms with E-state index in [1.165, 1.54) is 0 Å². The van der Waals surface area contributed by atoms with Crippen LogP contribution in [0.15, 0.2) is 53.1 Å². The quantitative estimate of drug-likeness (QED) is 0.703. The molecule has 2 aromatic carbocycles. The van der Waals surface area contributed by atoms with E-state index in [-0.39, 0.29) is 0 Å². The highest BCUT2D eigenvalue weighted by atomic mass is 16.5. The van der Waals surface area contributed by atoms with Gasteiger partial charge in [-0.2, -0.15) is 0 Å². The molecule has 3 aromatic rings. The number of fused-ring (bicyclic) bond motifs is 1. The fourth-order valence-electron chi connectivity index (χ4n) is 3.26. The van der Waals surface area contributed by atoms with Crippen molar-refractivity contribution >= 4 is 11.8 Å². The van der Waals surface area contributed by atoms with Gasteiger partial charge in [0.2, 0.25) is 0 Å². The van der Waals surface area contributed by atoms with Gasteiger partial charge in [-0.15, -0.1) is 0 Å². The van der Waals surface area contributed by atoms with Gasteiger partial charge in [0.25, 0.3) is 0 Å². The van der Waals surface area contributed by atoms with Crippen molar-refractivity contribution in [1.82, 2.24) is 10.1 Å². The second-order valence-corrected chi connectivity index (χ2v) is 6.19. The van der Waals surface area contributed by atoms with E-state index in [9.17, 15) is 0 Å². The molecule has 0 spiro atoms. The van der Waals surface area contributed by atoms with E-state index >= 15 is 0 Å². The summed E-state index contributed by atoms with van der Waals surface area (Å²) in [6, 6.07) is 15.9. The summed E-state index contributed by atoms with van der Waals surface area (Å²) in [7, 11) is 5.36. The van der Waals surface area contributed by atoms with Crippen molar-refractivity contribution in [3.8, 4) is 22.8 Å². The molecule has 0 amide bonds. The summed E-state index contributed by atoms with van der Waals surface area (Å²) in [6.07, 6.45) is 2.02. The highest BCUT2D eigenvalue weighted by Gasteiger charge is 2.25. The zero-order valence-corrected chi connectivity index (χ0v) is 15.0. The Morgan fingerprint density at radius 3 is 2.58 bits per heavy atom. The molecule has 5 heteroatoms. The predicted octanol–water partition coefficient (Wildman–Crippen LogP) is 4.30. The highest BCUT2D eigenvalue weighted by molar-refractivity contribution is 5.85. The average Bonchev–Trinajstić information content (AvgIpc) is 3.10. The lowest BCUT2D eigenvalue weighted by molar-refractivity contribution is 0.388. The van der Waals surface area contributed by atoms with Crippen LogP contribution < -0.4 is 9.47 Å². The molecule has 26 heavy (non-hydrogen) atoms. The molecular weight excluding hydrogens is 328 g/mol. The van der Waals surface area contributed by atoms with Gasteiger partial charge < -0.3 is 18.9 Å². The van der Waals surface area contributed by atoms with Crippen LogP contribution in [0.5, 0.6) is 11.5 Å². The first-order valence-corrected chi connectivity index (χ1v) is 8.40. The van der Waals surface area contributed by atoms with E-state index < -0.39 is 0 Å². The van der Waals surface area contributed by atoms with Crippen LogP contribution in [0.1, 0.15) is 16.9 Å². The molecule has 0 unspecified atom stereocenters. The molecule has 5 nitrogen and oxygen atoms in total. The van der Waals surface area contributed by atoms with Gasteiger partial charge in [-0.05, 0) is 12.1 Å². The standard InChI is InChI=1S/C21H20N2O3/c1-23-13-17-20(26-22-21(17)14-7-5-4-6-8-14)12-18(23)16-10-9-15(24-2)11-19(16)25-3/h4-12H,13H2,1-3H3. The molecule has 1 aliphatic rings. The van der Waals surface area contributed by atoms with Crippen LogP contribution >= 0.6 is 0 Å². The normalized spacial score (nSPS) is 13.2. The number of aromatic nitrogens is 1. The van der Waals surface area contributed by atoms with Gasteiger partial charge in [-0.3, -0.25) is 0 Å². The summed E-state index contributed by atoms with van der Waals surface area (Å²) >= 11 is 0. The second kappa shape index (κ2) is 6.59. The summed E-state index contributed by atoms with van der Waals surface area (Å²) in [6.45, 7) is 0.712. The molecule has 132 valence electrons. The molecule has 0 fully saturated rings. The van der Waals surface area contributed by atoms with Crippen molar-refractivity contribution in [3.63, 3.8) is 0 Å². The fraction of sp³-hybridized carbons (Fsp3) is 0.190. The number of hydrogen-bond donors (Lipinski definition) is 0. The first-order chi connectivity index (χ1) is 12.7. The van der Waals surface area contributed by atoms with Crippen molar-refractivity contribution in [2.75, 3.05) is 21.3 Å². The molecule has 2 heterocycles. The number of nitrogens with zero attached hydrogens (tertiary/aromatic N) is 2. The number of methoxy groups -OCH3 is 2. The minimum Gasteiger partial charge on any atom is -0.497 e. The number of benzene rings is 2. The first-order valence-electron chi connectivity index (χ1n) is 8.40. The molecule has 0 saturated carbocycles. The van der Waals surface area contributed by atoms with E-state index in [0.29, 0.717) is 6.54 Å². The summed E-state index contributed by atoms with van der Waals surface area (Å²) in [5.74, 6) is 2.31. The fourth-order valence-corrected chi connectivity index (χ4v) is 3.26. The minimum absolute atomic E-state index is 0.712. The van der Waals surface area contributed by atoms with Gasteiger partial charge >= 0.3 is 0 Å². The molecule has 0 N–H and O–H groups in total. The summed E-state index contributed by atoms with van der Waals surface area (Å²) < 4.78 is 16.5. The summed E-state index contributed by atoms with van der Waals surface area (Å²) in [5, 5.41) is 4.30. The zero-order chi connectivity index (χ0) is 18.1. The van der Waals surface area contributed by atoms with Crippen molar-refractivity contribution < 1.29 is 14.0 Å². The number of hydrogen-bond acceptors (Lipinski definition) is 5. The molecule has 0 aliphatic carbocycles. The third-order valence-electron chi connectivity index (χ3n) is 4.62. The van der Waals surface area contributed by atoms with Crippen molar-refractivity contribution in [1.29, 1.82) is 0 Å². The van der Waals surface area contributed by atoms with E-state index in [0.717, 1.165) is 45.3 Å². The third-order valence-corrected chi connectivity index (χ3v) is 4.62. The Morgan fingerprint density at radius 2 is 1.85 bits per heavy atom. The molecule has 0 atom stereocenters. The molecular formula is C21H20N2O3. The van der Waals surface area contributed by atoms with E-state index in [1.54, 1.807) is 14.2 Å². The topological polar surface area (TPSA) is 47.7 Å². The SMILES string of the molecule is COc1ccc(C2=Cc3onc(-c4ccccc4)c3CN2C)c(OC)c1. The van der Waals surface area contributed by atoms with Crippen LogP contribution in [0.2, 0.25) is 0 Å². The average molecular weight is 348 g/mol. The largest absolute Gasteiger partial charge is 0.497 e. The van der Waals surface area contributed by atoms with Crippen LogP contribution in [-0.4, -0.2) is 31.3 Å². The van der Waals surface area contributed by atoms with Crippen LogP contribution in [-0.2, 0) is 6.54 Å². The Labute approximate surface area is 152 Å². The maximum Gasteiger partial charge on any atom is 0.167 e. The van der Waals surface area contributed by atoms with E-state index in [4.69, 9.17) is 14.0 Å². The molecule has 1 aromatic heterocycles. The highest BCUT2D eigenvalue weighted by Crippen LogP contribution is 2.38. The Bertz CT molecular complexity index is 961. The Kier molecular flexibility index (Phi) is 4.13. The maximum atomic E-state index is 5.64. The van der Waals surface area contributed by atoms with Crippen molar-refractivity contribution in [2.45, 2.75) is 6.54 Å². The minimum atomic E-state index is 0.712. The van der Waals surface area contributed by atoms with Gasteiger partial charge in [0.15, 0.2) is 5.76 Å². The number of ether oxygens (including phenoxy) is 2. The lowest BCUT2D eigenvalue weighted by Crippen LogP contribution is -2.20.